The third-order valence-electron chi connectivity index (χ3n) is 1.82. The molecular formula is C7H11NO6S. The first kappa shape index (κ1) is 12.1. The Morgan fingerprint density at radius 3 is 2.67 bits per heavy atom. The zero-order chi connectivity index (χ0) is 11.6. The standard InChI is InChI=1S/C7H11NO6S/c1-7(2)13-3-4(5(9)8-10)6(14-7)15(11)12/h4,10H,3H2,1-2H3,(H,8,9). The molecule has 0 aromatic carbocycles. The van der Waals surface area contributed by atoms with E-state index in [1.54, 1.807) is 0 Å². The zero-order valence-electron chi connectivity index (χ0n) is 8.18. The van der Waals surface area contributed by atoms with E-state index in [0.29, 0.717) is 0 Å². The number of nitrogens with one attached hydrogen (secondary N) is 1. The molecule has 0 aromatic rings. The lowest BCUT2D eigenvalue weighted by Gasteiger charge is -2.33. The van der Waals surface area contributed by atoms with E-state index in [9.17, 15) is 13.2 Å². The van der Waals surface area contributed by atoms with E-state index < -0.39 is 33.0 Å². The number of hydrogen-bond acceptors (Lipinski definition) is 6. The van der Waals surface area contributed by atoms with Crippen molar-refractivity contribution in [3.8, 4) is 0 Å². The minimum absolute atomic E-state index is 0.164. The second kappa shape index (κ2) is 4.27. The lowest BCUT2D eigenvalue weighted by Crippen LogP contribution is -2.48. The van der Waals surface area contributed by atoms with Gasteiger partial charge < -0.3 is 9.47 Å². The van der Waals surface area contributed by atoms with Crippen molar-refractivity contribution in [3.05, 3.63) is 0 Å². The number of hydroxylamine groups is 1. The lowest BCUT2D eigenvalue weighted by atomic mass is 10.1. The fourth-order valence-electron chi connectivity index (χ4n) is 1.11. The van der Waals surface area contributed by atoms with Gasteiger partial charge in [0.05, 0.1) is 6.61 Å². The second-order valence-electron chi connectivity index (χ2n) is 3.40. The zero-order valence-corrected chi connectivity index (χ0v) is 9.00. The molecule has 1 aliphatic heterocycles. The average molecular weight is 237 g/mol. The van der Waals surface area contributed by atoms with Crippen LogP contribution in [0.2, 0.25) is 0 Å². The molecule has 0 aliphatic carbocycles. The number of amides is 1. The Hall–Kier alpha value is -0.960. The molecule has 86 valence electrons. The average Bonchev–Trinajstić information content (AvgIpc) is 2.15. The molecule has 1 aliphatic rings. The Balaban J connectivity index is 3.03. The predicted octanol–water partition coefficient (Wildman–Crippen LogP) is -1.10. The summed E-state index contributed by atoms with van der Waals surface area (Å²) < 4.78 is 31.7. The summed E-state index contributed by atoms with van der Waals surface area (Å²) in [6.07, 6.45) is 0. The molecule has 1 rings (SSSR count). The van der Waals surface area contributed by atoms with Crippen molar-refractivity contribution in [3.63, 3.8) is 0 Å². The van der Waals surface area contributed by atoms with E-state index in [-0.39, 0.29) is 6.61 Å². The summed E-state index contributed by atoms with van der Waals surface area (Å²) in [5, 5.41) is 7.96. The first-order valence-electron chi connectivity index (χ1n) is 4.10. The summed E-state index contributed by atoms with van der Waals surface area (Å²) in [5.41, 5.74) is 1.35. The molecule has 8 heteroatoms. The Morgan fingerprint density at radius 1 is 1.60 bits per heavy atom. The van der Waals surface area contributed by atoms with Crippen LogP contribution in [-0.2, 0) is 24.6 Å². The summed E-state index contributed by atoms with van der Waals surface area (Å²) in [7, 11) is -2.66. The Labute approximate surface area is 87.5 Å². The Bertz CT molecular complexity index is 390. The van der Waals surface area contributed by atoms with Crippen LogP contribution in [0.3, 0.4) is 0 Å². The van der Waals surface area contributed by atoms with Crippen molar-refractivity contribution in [2.75, 3.05) is 6.61 Å². The number of carbonyl (C=O) groups excluding carboxylic acids is 1. The van der Waals surface area contributed by atoms with Crippen LogP contribution in [0.25, 0.3) is 0 Å². The SMILES string of the molecule is CC1(C)OCC(C(=O)NO)C(=S(=O)=O)O1. The van der Waals surface area contributed by atoms with Gasteiger partial charge in [0.15, 0.2) is 10.8 Å². The highest BCUT2D eigenvalue weighted by molar-refractivity contribution is 7.72. The molecule has 15 heavy (non-hydrogen) atoms. The molecule has 7 nitrogen and oxygen atoms in total. The molecule has 1 heterocycles. The van der Waals surface area contributed by atoms with E-state index in [1.165, 1.54) is 19.3 Å². The van der Waals surface area contributed by atoms with Gasteiger partial charge in [-0.1, -0.05) is 0 Å². The molecule has 0 aromatic heterocycles. The first-order valence-corrected chi connectivity index (χ1v) is 5.18. The summed E-state index contributed by atoms with van der Waals surface area (Å²) in [4.78, 5) is 11.1. The highest BCUT2D eigenvalue weighted by Gasteiger charge is 2.38. The van der Waals surface area contributed by atoms with Gasteiger partial charge in [-0.05, 0) is 13.8 Å². The first-order chi connectivity index (χ1) is 6.87. The minimum atomic E-state index is -2.66. The van der Waals surface area contributed by atoms with Crippen molar-refractivity contribution in [1.82, 2.24) is 5.48 Å². The van der Waals surface area contributed by atoms with Crippen LogP contribution in [0.5, 0.6) is 0 Å². The van der Waals surface area contributed by atoms with Gasteiger partial charge in [0.1, 0.15) is 5.92 Å². The van der Waals surface area contributed by atoms with Gasteiger partial charge in [0.25, 0.3) is 5.91 Å². The largest absolute Gasteiger partial charge is 0.349 e. The van der Waals surface area contributed by atoms with Crippen LogP contribution < -0.4 is 5.48 Å². The predicted molar refractivity (Wildman–Crippen MR) is 48.5 cm³/mol. The van der Waals surface area contributed by atoms with E-state index in [1.807, 2.05) is 0 Å². The summed E-state index contributed by atoms with van der Waals surface area (Å²) in [5.74, 6) is -3.13. The highest BCUT2D eigenvalue weighted by Crippen LogP contribution is 2.22. The van der Waals surface area contributed by atoms with Crippen LogP contribution in [-0.4, -0.2) is 37.0 Å². The van der Waals surface area contributed by atoms with Gasteiger partial charge in [-0.15, -0.1) is 0 Å². The van der Waals surface area contributed by atoms with Crippen LogP contribution in [0.1, 0.15) is 13.8 Å². The van der Waals surface area contributed by atoms with E-state index in [2.05, 4.69) is 0 Å². The lowest BCUT2D eigenvalue weighted by molar-refractivity contribution is -0.195. The maximum absolute atomic E-state index is 11.1. The molecule has 2 N–H and O–H groups in total. The monoisotopic (exact) mass is 237 g/mol. The molecule has 1 atom stereocenters. The van der Waals surface area contributed by atoms with Crippen LogP contribution in [0.15, 0.2) is 0 Å². The second-order valence-corrected chi connectivity index (χ2v) is 4.27. The fraction of sp³-hybridized carbons (Fsp3) is 0.714. The maximum atomic E-state index is 11.1. The van der Waals surface area contributed by atoms with Gasteiger partial charge >= 0.3 is 0 Å². The van der Waals surface area contributed by atoms with Gasteiger partial charge in [-0.2, -0.15) is 8.42 Å². The normalized spacial score (nSPS) is 24.7. The quantitative estimate of drug-likeness (QED) is 0.341. The molecular weight excluding hydrogens is 226 g/mol. The van der Waals surface area contributed by atoms with Crippen molar-refractivity contribution < 1.29 is 27.9 Å². The highest BCUT2D eigenvalue weighted by atomic mass is 32.2. The van der Waals surface area contributed by atoms with E-state index in [4.69, 9.17) is 14.7 Å². The topological polar surface area (TPSA) is 102 Å². The molecule has 0 spiro atoms. The molecule has 1 amide bonds. The van der Waals surface area contributed by atoms with Gasteiger partial charge in [-0.3, -0.25) is 10.0 Å². The van der Waals surface area contributed by atoms with Gasteiger partial charge in [0.2, 0.25) is 10.3 Å². The van der Waals surface area contributed by atoms with Crippen molar-refractivity contribution in [2.45, 2.75) is 19.6 Å². The van der Waals surface area contributed by atoms with E-state index in [0.717, 1.165) is 0 Å². The van der Waals surface area contributed by atoms with Gasteiger partial charge in [-0.25, -0.2) is 5.48 Å². The van der Waals surface area contributed by atoms with Crippen molar-refractivity contribution in [1.29, 1.82) is 0 Å². The number of ether oxygens (including phenoxy) is 2. The van der Waals surface area contributed by atoms with Crippen molar-refractivity contribution in [2.24, 2.45) is 5.92 Å². The molecule has 1 unspecified atom stereocenters. The van der Waals surface area contributed by atoms with Crippen LogP contribution in [0.4, 0.5) is 0 Å². The molecule has 1 saturated heterocycles. The van der Waals surface area contributed by atoms with Gasteiger partial charge in [0, 0.05) is 0 Å². The molecule has 1 fully saturated rings. The maximum Gasteiger partial charge on any atom is 0.256 e. The Morgan fingerprint density at radius 2 is 2.20 bits per heavy atom. The number of rotatable bonds is 1. The summed E-state index contributed by atoms with van der Waals surface area (Å²) >= 11 is 0. The van der Waals surface area contributed by atoms with E-state index >= 15 is 0 Å². The summed E-state index contributed by atoms with van der Waals surface area (Å²) in [6.45, 7) is 2.88. The molecule has 0 bridgehead atoms. The number of carbonyl (C=O) groups is 1. The fourth-order valence-corrected chi connectivity index (χ4v) is 1.78. The third-order valence-corrected chi connectivity index (χ3v) is 2.52. The minimum Gasteiger partial charge on any atom is -0.349 e. The molecule has 0 saturated carbocycles. The number of hydrogen-bond donors (Lipinski definition) is 2. The van der Waals surface area contributed by atoms with Crippen LogP contribution in [0, 0.1) is 5.92 Å². The smallest absolute Gasteiger partial charge is 0.256 e. The molecule has 0 radical (unpaired) electrons. The third kappa shape index (κ3) is 2.75. The van der Waals surface area contributed by atoms with Crippen molar-refractivity contribution >= 4 is 21.3 Å². The van der Waals surface area contributed by atoms with Crippen LogP contribution >= 0.6 is 0 Å². The Kier molecular flexibility index (Phi) is 3.45. The summed E-state index contributed by atoms with van der Waals surface area (Å²) in [6, 6.07) is 0.